The summed E-state index contributed by atoms with van der Waals surface area (Å²) in [6, 6.07) is 0. The van der Waals surface area contributed by atoms with Gasteiger partial charge in [-0.05, 0) is 13.8 Å². The highest BCUT2D eigenvalue weighted by atomic mass is 16.5. The Morgan fingerprint density at radius 2 is 1.28 bits per heavy atom. The number of carbonyl (C=O) groups excluding carboxylic acids is 2. The number of esters is 2. The van der Waals surface area contributed by atoms with Crippen molar-refractivity contribution in [3.63, 3.8) is 0 Å². The van der Waals surface area contributed by atoms with Crippen LogP contribution in [0.2, 0.25) is 0 Å². The smallest absolute Gasteiger partial charge is 0.336 e. The van der Waals surface area contributed by atoms with E-state index in [-0.39, 0.29) is 26.1 Å². The van der Waals surface area contributed by atoms with E-state index in [0.717, 1.165) is 0 Å². The molecule has 0 heterocycles. The van der Waals surface area contributed by atoms with Crippen molar-refractivity contribution in [2.45, 2.75) is 26.7 Å². The van der Waals surface area contributed by atoms with Crippen LogP contribution in [0.5, 0.6) is 0 Å². The van der Waals surface area contributed by atoms with E-state index in [1.807, 2.05) is 0 Å². The third-order valence-electron chi connectivity index (χ3n) is 2.55. The van der Waals surface area contributed by atoms with Crippen molar-refractivity contribution in [2.24, 2.45) is 11.5 Å². The van der Waals surface area contributed by atoms with Crippen molar-refractivity contribution in [3.8, 4) is 0 Å². The monoisotopic (exact) mass is 254 g/mol. The summed E-state index contributed by atoms with van der Waals surface area (Å²) in [6.07, 6.45) is 0.248. The van der Waals surface area contributed by atoms with Crippen LogP contribution in [-0.2, 0) is 19.1 Å². The Morgan fingerprint density at radius 3 is 1.56 bits per heavy atom. The molecule has 0 spiro atoms. The third-order valence-corrected chi connectivity index (χ3v) is 2.55. The minimum absolute atomic E-state index is 0.124. The number of hydrogen-bond acceptors (Lipinski definition) is 6. The van der Waals surface area contributed by atoms with Crippen LogP contribution in [0, 0.1) is 0 Å². The van der Waals surface area contributed by atoms with Crippen LogP contribution in [0.25, 0.3) is 0 Å². The highest BCUT2D eigenvalue weighted by Gasteiger charge is 2.27. The molecule has 18 heavy (non-hydrogen) atoms. The van der Waals surface area contributed by atoms with E-state index < -0.39 is 11.9 Å². The summed E-state index contributed by atoms with van der Waals surface area (Å²) in [5, 5.41) is 0. The standard InChI is InChI=1S/C12H18N2O4/c1-3-17-11(15)7-5-10(14)8(6-9(7)13)12(16)18-4-2/h3-6,13-14H2,1-2H3. The average molecular weight is 254 g/mol. The molecule has 0 unspecified atom stereocenters. The molecule has 0 aromatic rings. The van der Waals surface area contributed by atoms with Crippen LogP contribution in [0.3, 0.4) is 0 Å². The van der Waals surface area contributed by atoms with Crippen LogP contribution in [0.4, 0.5) is 0 Å². The van der Waals surface area contributed by atoms with Gasteiger partial charge in [0.05, 0.1) is 24.4 Å². The van der Waals surface area contributed by atoms with Crippen molar-refractivity contribution in [1.29, 1.82) is 0 Å². The summed E-state index contributed by atoms with van der Waals surface area (Å²) in [4.78, 5) is 23.2. The maximum Gasteiger partial charge on any atom is 0.336 e. The zero-order valence-corrected chi connectivity index (χ0v) is 10.6. The van der Waals surface area contributed by atoms with Gasteiger partial charge in [-0.15, -0.1) is 0 Å². The van der Waals surface area contributed by atoms with E-state index in [1.54, 1.807) is 13.8 Å². The predicted octanol–water partition coefficient (Wildman–Crippen LogP) is 0.332. The second-order valence-corrected chi connectivity index (χ2v) is 3.80. The molecule has 0 bridgehead atoms. The molecule has 100 valence electrons. The fourth-order valence-corrected chi connectivity index (χ4v) is 1.66. The molecule has 4 N–H and O–H groups in total. The maximum atomic E-state index is 11.6. The van der Waals surface area contributed by atoms with Crippen molar-refractivity contribution in [3.05, 3.63) is 22.5 Å². The molecule has 0 saturated heterocycles. The van der Waals surface area contributed by atoms with E-state index in [0.29, 0.717) is 22.5 Å². The van der Waals surface area contributed by atoms with Crippen LogP contribution in [0.1, 0.15) is 26.7 Å². The molecule has 1 aliphatic carbocycles. The number of ether oxygens (including phenoxy) is 2. The van der Waals surface area contributed by atoms with Crippen LogP contribution in [-0.4, -0.2) is 25.2 Å². The van der Waals surface area contributed by atoms with Gasteiger partial charge in [-0.1, -0.05) is 0 Å². The summed E-state index contributed by atoms with van der Waals surface area (Å²) in [6.45, 7) is 3.95. The summed E-state index contributed by atoms with van der Waals surface area (Å²) in [5.74, 6) is -0.971. The topological polar surface area (TPSA) is 105 Å². The summed E-state index contributed by atoms with van der Waals surface area (Å²) < 4.78 is 9.74. The van der Waals surface area contributed by atoms with Crippen LogP contribution >= 0.6 is 0 Å². The Bertz CT molecular complexity index is 384. The molecule has 1 aliphatic rings. The Kier molecular flexibility index (Phi) is 4.76. The molecular formula is C12H18N2O4. The Labute approximate surface area is 106 Å². The molecule has 0 aromatic carbocycles. The lowest BCUT2D eigenvalue weighted by molar-refractivity contribution is -0.140. The molecule has 0 saturated carbocycles. The minimum atomic E-state index is -0.485. The largest absolute Gasteiger partial charge is 0.463 e. The minimum Gasteiger partial charge on any atom is -0.463 e. The average Bonchev–Trinajstić information content (AvgIpc) is 2.32. The highest BCUT2D eigenvalue weighted by molar-refractivity contribution is 5.94. The molecule has 6 heteroatoms. The first-order valence-electron chi connectivity index (χ1n) is 5.80. The van der Waals surface area contributed by atoms with Crippen LogP contribution in [0.15, 0.2) is 22.5 Å². The van der Waals surface area contributed by atoms with Gasteiger partial charge >= 0.3 is 11.9 Å². The SMILES string of the molecule is CCOC(=O)C1=C(N)CC(C(=O)OCC)=C(N)C1. The van der Waals surface area contributed by atoms with Crippen molar-refractivity contribution in [2.75, 3.05) is 13.2 Å². The summed E-state index contributed by atoms with van der Waals surface area (Å²) in [7, 11) is 0. The summed E-state index contributed by atoms with van der Waals surface area (Å²) >= 11 is 0. The molecular weight excluding hydrogens is 236 g/mol. The van der Waals surface area contributed by atoms with Gasteiger partial charge in [-0.2, -0.15) is 0 Å². The second kappa shape index (κ2) is 6.09. The first-order valence-corrected chi connectivity index (χ1v) is 5.80. The maximum absolute atomic E-state index is 11.6. The molecule has 0 radical (unpaired) electrons. The fourth-order valence-electron chi connectivity index (χ4n) is 1.66. The Balaban J connectivity index is 2.86. The Hall–Kier alpha value is -1.98. The van der Waals surface area contributed by atoms with Gasteiger partial charge in [0, 0.05) is 24.2 Å². The lowest BCUT2D eigenvalue weighted by atomic mass is 9.93. The van der Waals surface area contributed by atoms with Gasteiger partial charge in [0.15, 0.2) is 0 Å². The third kappa shape index (κ3) is 3.03. The normalized spacial score (nSPS) is 15.7. The number of nitrogens with two attached hydrogens (primary N) is 2. The number of carbonyl (C=O) groups is 2. The lowest BCUT2D eigenvalue weighted by Gasteiger charge is -2.19. The number of allylic oxidation sites excluding steroid dienone is 2. The molecule has 0 fully saturated rings. The van der Waals surface area contributed by atoms with Gasteiger partial charge in [0.25, 0.3) is 0 Å². The van der Waals surface area contributed by atoms with Gasteiger partial charge in [0.1, 0.15) is 0 Å². The van der Waals surface area contributed by atoms with Crippen molar-refractivity contribution < 1.29 is 19.1 Å². The van der Waals surface area contributed by atoms with Gasteiger partial charge in [-0.3, -0.25) is 0 Å². The van der Waals surface area contributed by atoms with E-state index in [1.165, 1.54) is 0 Å². The van der Waals surface area contributed by atoms with Gasteiger partial charge in [0.2, 0.25) is 0 Å². The second-order valence-electron chi connectivity index (χ2n) is 3.80. The molecule has 0 aliphatic heterocycles. The molecule has 6 nitrogen and oxygen atoms in total. The molecule has 0 aromatic heterocycles. The van der Waals surface area contributed by atoms with E-state index in [4.69, 9.17) is 20.9 Å². The van der Waals surface area contributed by atoms with Crippen LogP contribution < -0.4 is 11.5 Å². The number of rotatable bonds is 4. The summed E-state index contributed by atoms with van der Waals surface area (Å²) in [5.41, 5.74) is 12.8. The molecule has 0 atom stereocenters. The van der Waals surface area contributed by atoms with Crippen molar-refractivity contribution >= 4 is 11.9 Å². The fraction of sp³-hybridized carbons (Fsp3) is 0.500. The Morgan fingerprint density at radius 1 is 0.944 bits per heavy atom. The quantitative estimate of drug-likeness (QED) is 0.700. The lowest BCUT2D eigenvalue weighted by Crippen LogP contribution is -2.25. The number of hydrogen-bond donors (Lipinski definition) is 2. The zero-order valence-electron chi connectivity index (χ0n) is 10.6. The van der Waals surface area contributed by atoms with Crippen molar-refractivity contribution in [1.82, 2.24) is 0 Å². The zero-order chi connectivity index (χ0) is 13.7. The first-order chi connectivity index (χ1) is 8.51. The van der Waals surface area contributed by atoms with Gasteiger partial charge < -0.3 is 20.9 Å². The van der Waals surface area contributed by atoms with E-state index in [9.17, 15) is 9.59 Å². The molecule has 1 rings (SSSR count). The van der Waals surface area contributed by atoms with E-state index in [2.05, 4.69) is 0 Å². The predicted molar refractivity (Wildman–Crippen MR) is 64.9 cm³/mol. The highest BCUT2D eigenvalue weighted by Crippen LogP contribution is 2.26. The molecule has 0 amide bonds. The van der Waals surface area contributed by atoms with E-state index >= 15 is 0 Å². The first kappa shape index (κ1) is 14.1. The van der Waals surface area contributed by atoms with Gasteiger partial charge in [-0.25, -0.2) is 9.59 Å².